The first kappa shape index (κ1) is 24.0. The molecule has 0 radical (unpaired) electrons. The molecule has 1 unspecified atom stereocenters. The first-order chi connectivity index (χ1) is 17.5. The van der Waals surface area contributed by atoms with Crippen LogP contribution in [0.1, 0.15) is 39.8 Å². The van der Waals surface area contributed by atoms with Gasteiger partial charge in [0.25, 0.3) is 5.91 Å². The highest BCUT2D eigenvalue weighted by Gasteiger charge is 2.37. The van der Waals surface area contributed by atoms with Crippen LogP contribution in [0.3, 0.4) is 0 Å². The van der Waals surface area contributed by atoms with Crippen molar-refractivity contribution in [3.8, 4) is 22.9 Å². The number of nitrogens with zero attached hydrogens (tertiary/aromatic N) is 6. The minimum absolute atomic E-state index is 0.0982. The summed E-state index contributed by atoms with van der Waals surface area (Å²) in [4.78, 5) is 16.8. The number of carbonyl (C=O) groups is 1. The van der Waals surface area contributed by atoms with Crippen LogP contribution in [-0.4, -0.2) is 90.6 Å². The Morgan fingerprint density at radius 2 is 2.06 bits per heavy atom. The molecule has 11 heteroatoms. The van der Waals surface area contributed by atoms with Gasteiger partial charge in [0.15, 0.2) is 17.3 Å². The fraction of sp³-hybridized carbons (Fsp3) is 0.440. The van der Waals surface area contributed by atoms with E-state index in [4.69, 9.17) is 14.2 Å². The zero-order valence-corrected chi connectivity index (χ0v) is 21.0. The summed E-state index contributed by atoms with van der Waals surface area (Å²) in [6, 6.07) is 9.07. The smallest absolute Gasteiger partial charge is 0.251 e. The van der Waals surface area contributed by atoms with E-state index in [9.17, 15) is 4.79 Å². The van der Waals surface area contributed by atoms with E-state index in [1.807, 2.05) is 39.3 Å². The molecule has 11 nitrogen and oxygen atoms in total. The van der Waals surface area contributed by atoms with E-state index in [0.717, 1.165) is 42.7 Å². The van der Waals surface area contributed by atoms with Crippen molar-refractivity contribution >= 4 is 5.91 Å². The molecule has 1 aromatic heterocycles. The molecule has 2 aromatic carbocycles. The van der Waals surface area contributed by atoms with Crippen LogP contribution >= 0.6 is 0 Å². The molecule has 3 aromatic rings. The molecule has 1 amide bonds. The Labute approximate surface area is 209 Å². The molecule has 0 saturated heterocycles. The van der Waals surface area contributed by atoms with Crippen molar-refractivity contribution in [1.82, 2.24) is 35.3 Å². The van der Waals surface area contributed by atoms with Crippen LogP contribution in [0.4, 0.5) is 0 Å². The van der Waals surface area contributed by atoms with Gasteiger partial charge in [-0.1, -0.05) is 0 Å². The summed E-state index contributed by atoms with van der Waals surface area (Å²) in [5, 5.41) is 15.6. The first-order valence-corrected chi connectivity index (χ1v) is 12.0. The Hall–Kier alpha value is -3.70. The Morgan fingerprint density at radius 3 is 2.81 bits per heavy atom. The molecular weight excluding hydrogens is 462 g/mol. The Balaban J connectivity index is 1.43. The average Bonchev–Trinajstić information content (AvgIpc) is 3.55. The third kappa shape index (κ3) is 4.47. The summed E-state index contributed by atoms with van der Waals surface area (Å²) in [5.41, 5.74) is 3.45. The van der Waals surface area contributed by atoms with Crippen LogP contribution in [0, 0.1) is 0 Å². The first-order valence-electron chi connectivity index (χ1n) is 12.0. The predicted molar refractivity (Wildman–Crippen MR) is 132 cm³/mol. The normalized spacial score (nSPS) is 16.8. The number of nitrogens with one attached hydrogen (secondary N) is 1. The molecule has 3 heterocycles. The van der Waals surface area contributed by atoms with Crippen molar-refractivity contribution < 1.29 is 19.0 Å². The fourth-order valence-corrected chi connectivity index (χ4v) is 4.76. The Morgan fingerprint density at radius 1 is 1.25 bits per heavy atom. The summed E-state index contributed by atoms with van der Waals surface area (Å²) < 4.78 is 18.9. The highest BCUT2D eigenvalue weighted by Crippen LogP contribution is 2.50. The second kappa shape index (κ2) is 10.1. The zero-order chi connectivity index (χ0) is 25.2. The number of rotatable bonds is 8. The van der Waals surface area contributed by atoms with E-state index in [1.165, 1.54) is 0 Å². The van der Waals surface area contributed by atoms with E-state index >= 15 is 0 Å². The summed E-state index contributed by atoms with van der Waals surface area (Å²) in [6.07, 6.45) is 1.74. The van der Waals surface area contributed by atoms with Gasteiger partial charge in [0.2, 0.25) is 12.5 Å². The molecule has 2 aliphatic heterocycles. The molecule has 0 bridgehead atoms. The second-order valence-corrected chi connectivity index (χ2v) is 9.26. The summed E-state index contributed by atoms with van der Waals surface area (Å²) in [5.74, 6) is 2.50. The van der Waals surface area contributed by atoms with Crippen LogP contribution in [0.5, 0.6) is 17.2 Å². The molecule has 0 spiro atoms. The lowest BCUT2D eigenvalue weighted by atomic mass is 9.90. The van der Waals surface area contributed by atoms with Crippen molar-refractivity contribution in [2.24, 2.45) is 0 Å². The van der Waals surface area contributed by atoms with Crippen molar-refractivity contribution in [2.45, 2.75) is 18.9 Å². The molecule has 2 aliphatic rings. The van der Waals surface area contributed by atoms with Crippen molar-refractivity contribution in [1.29, 1.82) is 0 Å². The van der Waals surface area contributed by atoms with Crippen molar-refractivity contribution in [3.63, 3.8) is 0 Å². The number of amides is 1. The zero-order valence-electron chi connectivity index (χ0n) is 21.0. The number of carbonyl (C=O) groups excluding carboxylic acids is 1. The van der Waals surface area contributed by atoms with Gasteiger partial charge in [-0.2, -0.15) is 4.68 Å². The summed E-state index contributed by atoms with van der Waals surface area (Å²) in [6.45, 7) is 2.54. The third-order valence-corrected chi connectivity index (χ3v) is 6.58. The van der Waals surface area contributed by atoms with E-state index in [-0.39, 0.29) is 18.7 Å². The summed E-state index contributed by atoms with van der Waals surface area (Å²) >= 11 is 0. The van der Waals surface area contributed by atoms with Crippen LogP contribution < -0.4 is 19.5 Å². The minimum Gasteiger partial charge on any atom is -0.492 e. The number of aromatic nitrogens is 4. The lowest BCUT2D eigenvalue weighted by molar-refractivity contribution is 0.0952. The quantitative estimate of drug-likeness (QED) is 0.469. The molecule has 0 aliphatic carbocycles. The van der Waals surface area contributed by atoms with Gasteiger partial charge in [-0.25, -0.2) is 0 Å². The summed E-state index contributed by atoms with van der Waals surface area (Å²) in [7, 11) is 7.71. The molecule has 0 saturated carbocycles. The number of hydrogen-bond donors (Lipinski definition) is 1. The van der Waals surface area contributed by atoms with Gasteiger partial charge in [-0.15, -0.1) is 5.10 Å². The topological polar surface area (TPSA) is 107 Å². The number of benzene rings is 2. The molecule has 1 N–H and O–H groups in total. The van der Waals surface area contributed by atoms with E-state index in [0.29, 0.717) is 35.2 Å². The molecule has 190 valence electrons. The lowest BCUT2D eigenvalue weighted by Gasteiger charge is -2.34. The van der Waals surface area contributed by atoms with Crippen molar-refractivity contribution in [3.05, 3.63) is 52.8 Å². The van der Waals surface area contributed by atoms with Crippen LogP contribution in [-0.2, 0) is 6.42 Å². The molecular formula is C25H31N7O4. The van der Waals surface area contributed by atoms with Gasteiger partial charge in [-0.3, -0.25) is 9.69 Å². The van der Waals surface area contributed by atoms with Crippen LogP contribution in [0.15, 0.2) is 30.3 Å². The highest BCUT2D eigenvalue weighted by molar-refractivity contribution is 5.94. The van der Waals surface area contributed by atoms with Gasteiger partial charge >= 0.3 is 0 Å². The van der Waals surface area contributed by atoms with E-state index in [2.05, 4.69) is 30.6 Å². The van der Waals surface area contributed by atoms with Crippen LogP contribution in [0.25, 0.3) is 5.69 Å². The number of fused-ring (bicyclic) bond motifs is 2. The molecule has 5 rings (SSSR count). The van der Waals surface area contributed by atoms with Gasteiger partial charge in [0, 0.05) is 24.2 Å². The van der Waals surface area contributed by atoms with Gasteiger partial charge in [-0.05, 0) is 86.9 Å². The monoisotopic (exact) mass is 493 g/mol. The minimum atomic E-state index is -0.257. The standard InChI is InChI=1S/C25H31N7O4/c1-30(2)12-5-11-26-25(33)16-6-8-18(9-7-16)32-24(27-28-29-32)21-20-17(10-13-31(21)3)14-19-22(23(20)34-4)36-15-35-19/h6-9,14,21H,5,10-13,15H2,1-4H3,(H,26,33). The highest BCUT2D eigenvalue weighted by atomic mass is 16.7. The number of likely N-dealkylation sites (N-methyl/N-ethyl adjacent to an activating group) is 1. The average molecular weight is 494 g/mol. The maximum absolute atomic E-state index is 12.5. The molecule has 36 heavy (non-hydrogen) atoms. The number of methoxy groups -OCH3 is 1. The second-order valence-electron chi connectivity index (χ2n) is 9.26. The van der Waals surface area contributed by atoms with Gasteiger partial charge in [0.05, 0.1) is 12.8 Å². The Kier molecular flexibility index (Phi) is 6.75. The lowest BCUT2D eigenvalue weighted by Crippen LogP contribution is -2.35. The predicted octanol–water partition coefficient (Wildman–Crippen LogP) is 1.66. The number of ether oxygens (including phenoxy) is 3. The maximum atomic E-state index is 12.5. The molecule has 1 atom stereocenters. The SMILES string of the molecule is COc1c2c(cc3c1C(c1nnnn1-c1ccc(C(=O)NCCCN(C)C)cc1)N(C)CC3)OCO2. The van der Waals surface area contributed by atoms with Gasteiger partial charge < -0.3 is 24.4 Å². The van der Waals surface area contributed by atoms with Gasteiger partial charge in [0.1, 0.15) is 6.04 Å². The van der Waals surface area contributed by atoms with Crippen molar-refractivity contribution in [2.75, 3.05) is 54.7 Å². The number of hydrogen-bond acceptors (Lipinski definition) is 9. The van der Waals surface area contributed by atoms with Crippen LogP contribution in [0.2, 0.25) is 0 Å². The maximum Gasteiger partial charge on any atom is 0.251 e. The third-order valence-electron chi connectivity index (χ3n) is 6.58. The van der Waals surface area contributed by atoms with E-state index in [1.54, 1.807) is 23.9 Å². The molecule has 0 fully saturated rings. The largest absolute Gasteiger partial charge is 0.492 e. The Bertz CT molecular complexity index is 1240. The van der Waals surface area contributed by atoms with E-state index < -0.39 is 0 Å². The number of tetrazole rings is 1. The fourth-order valence-electron chi connectivity index (χ4n) is 4.76.